The zero-order chi connectivity index (χ0) is 39.8. The maximum Gasteiger partial charge on any atom is 0.143 e. The number of hydrogen-bond acceptors (Lipinski definition) is 2. The maximum atomic E-state index is 6.56. The van der Waals surface area contributed by atoms with E-state index in [2.05, 4.69) is 241 Å². The molecule has 0 aliphatic carbocycles. The number of fused-ring (bicyclic) bond motifs is 5. The highest BCUT2D eigenvalue weighted by Crippen LogP contribution is 2.43. The van der Waals surface area contributed by atoms with Crippen molar-refractivity contribution in [2.75, 3.05) is 4.90 Å². The van der Waals surface area contributed by atoms with Gasteiger partial charge >= 0.3 is 0 Å². The molecule has 282 valence electrons. The topological polar surface area (TPSA) is 16.4 Å². The molecule has 11 aromatic rings. The van der Waals surface area contributed by atoms with Gasteiger partial charge in [-0.25, -0.2) is 0 Å². The Balaban J connectivity index is 1.05. The average molecular weight is 766 g/mol. The molecule has 0 saturated carbocycles. The lowest BCUT2D eigenvalue weighted by atomic mass is 9.96. The van der Waals surface area contributed by atoms with Crippen molar-refractivity contribution in [2.45, 2.75) is 0 Å². The Morgan fingerprint density at radius 3 is 1.38 bits per heavy atom. The van der Waals surface area contributed by atoms with Crippen molar-refractivity contribution >= 4 is 49.8 Å². The fourth-order valence-electron chi connectivity index (χ4n) is 8.68. The molecular formula is C58H39NO. The minimum absolute atomic E-state index is 0.894. The molecule has 0 aliphatic rings. The van der Waals surface area contributed by atoms with Gasteiger partial charge in [0.05, 0.1) is 0 Å². The van der Waals surface area contributed by atoms with Crippen molar-refractivity contribution in [1.29, 1.82) is 0 Å². The van der Waals surface area contributed by atoms with Gasteiger partial charge in [-0.05, 0) is 122 Å². The van der Waals surface area contributed by atoms with Crippen LogP contribution in [0, 0.1) is 0 Å². The van der Waals surface area contributed by atoms with E-state index in [4.69, 9.17) is 4.42 Å². The first kappa shape index (κ1) is 35.2. The summed E-state index contributed by atoms with van der Waals surface area (Å²) < 4.78 is 6.56. The standard InChI is InChI=1S/C58H39NO/c1-4-14-40(15-5-1)46-21-12-22-47(36-46)43-26-31-50(32-27-43)59(52-38-48(41-16-6-2-7-17-41)37-49(39-52)42-18-8-3-9-19-42)51-33-28-45(29-34-51)53-24-13-25-56-57(53)55-35-30-44-20-10-11-23-54(44)58(55)60-56/h1-39H. The van der Waals surface area contributed by atoms with Crippen molar-refractivity contribution in [3.63, 3.8) is 0 Å². The Bertz CT molecular complexity index is 3220. The zero-order valence-electron chi connectivity index (χ0n) is 32.9. The van der Waals surface area contributed by atoms with Crippen LogP contribution in [0.5, 0.6) is 0 Å². The van der Waals surface area contributed by atoms with E-state index in [0.717, 1.165) is 66.6 Å². The maximum absolute atomic E-state index is 6.56. The van der Waals surface area contributed by atoms with E-state index < -0.39 is 0 Å². The van der Waals surface area contributed by atoms with Crippen LogP contribution in [0.2, 0.25) is 0 Å². The molecule has 2 heteroatoms. The molecule has 1 aromatic heterocycles. The van der Waals surface area contributed by atoms with Gasteiger partial charge < -0.3 is 9.32 Å². The molecule has 60 heavy (non-hydrogen) atoms. The summed E-state index contributed by atoms with van der Waals surface area (Å²) in [5.41, 5.74) is 16.8. The fourth-order valence-corrected chi connectivity index (χ4v) is 8.68. The summed E-state index contributed by atoms with van der Waals surface area (Å²) in [6.45, 7) is 0. The molecule has 11 rings (SSSR count). The van der Waals surface area contributed by atoms with Crippen LogP contribution in [0.4, 0.5) is 17.1 Å². The molecule has 0 bridgehead atoms. The first-order chi connectivity index (χ1) is 29.7. The first-order valence-corrected chi connectivity index (χ1v) is 20.5. The fraction of sp³-hybridized carbons (Fsp3) is 0. The Hall–Kier alpha value is -7.94. The minimum atomic E-state index is 0.894. The highest BCUT2D eigenvalue weighted by Gasteiger charge is 2.19. The van der Waals surface area contributed by atoms with Gasteiger partial charge in [0.1, 0.15) is 11.2 Å². The molecule has 0 amide bonds. The first-order valence-electron chi connectivity index (χ1n) is 20.5. The SMILES string of the molecule is c1ccc(-c2cccc(-c3ccc(N(c4ccc(-c5cccc6oc7c8ccccc8ccc7c56)cc4)c4cc(-c5ccccc5)cc(-c5ccccc5)c4)cc3)c2)cc1. The molecule has 0 atom stereocenters. The molecule has 0 radical (unpaired) electrons. The second-order valence-electron chi connectivity index (χ2n) is 15.3. The Morgan fingerprint density at radius 1 is 0.283 bits per heavy atom. The van der Waals surface area contributed by atoms with Gasteiger partial charge in [0.15, 0.2) is 0 Å². The third kappa shape index (κ3) is 6.51. The van der Waals surface area contributed by atoms with Crippen molar-refractivity contribution in [3.05, 3.63) is 237 Å². The molecule has 0 fully saturated rings. The van der Waals surface area contributed by atoms with Crippen LogP contribution >= 0.6 is 0 Å². The monoisotopic (exact) mass is 765 g/mol. The second kappa shape index (κ2) is 15.1. The normalized spacial score (nSPS) is 11.3. The van der Waals surface area contributed by atoms with Crippen LogP contribution in [-0.4, -0.2) is 0 Å². The van der Waals surface area contributed by atoms with Crippen molar-refractivity contribution in [1.82, 2.24) is 0 Å². The van der Waals surface area contributed by atoms with E-state index >= 15 is 0 Å². The zero-order valence-corrected chi connectivity index (χ0v) is 32.9. The van der Waals surface area contributed by atoms with E-state index in [1.54, 1.807) is 0 Å². The molecule has 1 heterocycles. The van der Waals surface area contributed by atoms with Gasteiger partial charge in [0, 0.05) is 33.2 Å². The summed E-state index contributed by atoms with van der Waals surface area (Å²) in [4.78, 5) is 2.38. The van der Waals surface area contributed by atoms with E-state index in [0.29, 0.717) is 0 Å². The summed E-state index contributed by atoms with van der Waals surface area (Å²) in [5, 5.41) is 4.57. The summed E-state index contributed by atoms with van der Waals surface area (Å²) in [5.74, 6) is 0. The van der Waals surface area contributed by atoms with Crippen molar-refractivity contribution < 1.29 is 4.42 Å². The number of anilines is 3. The van der Waals surface area contributed by atoms with Gasteiger partial charge in [-0.1, -0.05) is 176 Å². The Kier molecular flexibility index (Phi) is 8.87. The third-order valence-corrected chi connectivity index (χ3v) is 11.6. The lowest BCUT2D eigenvalue weighted by Gasteiger charge is -2.27. The molecule has 0 spiro atoms. The molecule has 0 saturated heterocycles. The van der Waals surface area contributed by atoms with E-state index in [1.165, 1.54) is 38.8 Å². The third-order valence-electron chi connectivity index (χ3n) is 11.6. The molecule has 10 aromatic carbocycles. The minimum Gasteiger partial charge on any atom is -0.455 e. The molecular weight excluding hydrogens is 727 g/mol. The van der Waals surface area contributed by atoms with Gasteiger partial charge in [0.25, 0.3) is 0 Å². The van der Waals surface area contributed by atoms with Crippen molar-refractivity contribution in [3.8, 4) is 55.6 Å². The van der Waals surface area contributed by atoms with Crippen LogP contribution < -0.4 is 4.90 Å². The quantitative estimate of drug-likeness (QED) is 0.153. The summed E-state index contributed by atoms with van der Waals surface area (Å²) in [7, 11) is 0. The molecule has 2 nitrogen and oxygen atoms in total. The van der Waals surface area contributed by atoms with E-state index in [-0.39, 0.29) is 0 Å². The summed E-state index contributed by atoms with van der Waals surface area (Å²) in [6, 6.07) is 84.9. The lowest BCUT2D eigenvalue weighted by Crippen LogP contribution is -2.10. The second-order valence-corrected chi connectivity index (χ2v) is 15.3. The van der Waals surface area contributed by atoms with Crippen LogP contribution in [-0.2, 0) is 0 Å². The van der Waals surface area contributed by atoms with Crippen LogP contribution in [0.25, 0.3) is 88.3 Å². The average Bonchev–Trinajstić information content (AvgIpc) is 3.73. The number of furan rings is 1. The van der Waals surface area contributed by atoms with Gasteiger partial charge in [-0.3, -0.25) is 0 Å². The van der Waals surface area contributed by atoms with Crippen LogP contribution in [0.15, 0.2) is 241 Å². The lowest BCUT2D eigenvalue weighted by molar-refractivity contribution is 0.673. The highest BCUT2D eigenvalue weighted by molar-refractivity contribution is 6.19. The van der Waals surface area contributed by atoms with Gasteiger partial charge in [-0.15, -0.1) is 0 Å². The number of hydrogen-bond donors (Lipinski definition) is 0. The smallest absolute Gasteiger partial charge is 0.143 e. The van der Waals surface area contributed by atoms with Crippen LogP contribution in [0.3, 0.4) is 0 Å². The summed E-state index contributed by atoms with van der Waals surface area (Å²) >= 11 is 0. The predicted molar refractivity (Wildman–Crippen MR) is 253 cm³/mol. The summed E-state index contributed by atoms with van der Waals surface area (Å²) in [6.07, 6.45) is 0. The Labute approximate surface area is 349 Å². The predicted octanol–water partition coefficient (Wildman–Crippen LogP) is 16.5. The van der Waals surface area contributed by atoms with E-state index in [9.17, 15) is 0 Å². The Morgan fingerprint density at radius 2 is 0.767 bits per heavy atom. The van der Waals surface area contributed by atoms with Crippen LogP contribution in [0.1, 0.15) is 0 Å². The number of nitrogens with zero attached hydrogens (tertiary/aromatic N) is 1. The molecule has 0 N–H and O–H groups in total. The molecule has 0 aliphatic heterocycles. The van der Waals surface area contributed by atoms with Gasteiger partial charge in [0.2, 0.25) is 0 Å². The van der Waals surface area contributed by atoms with Crippen molar-refractivity contribution in [2.24, 2.45) is 0 Å². The largest absolute Gasteiger partial charge is 0.455 e. The number of rotatable bonds is 8. The number of benzene rings is 10. The van der Waals surface area contributed by atoms with Gasteiger partial charge in [-0.2, -0.15) is 0 Å². The van der Waals surface area contributed by atoms with E-state index in [1.807, 2.05) is 0 Å². The molecule has 0 unspecified atom stereocenters. The highest BCUT2D eigenvalue weighted by atomic mass is 16.3.